The molecular formula is C15H15N3S. The largest absolute Gasteiger partial charge is 0.369 e. The molecule has 0 atom stereocenters. The van der Waals surface area contributed by atoms with E-state index in [0.29, 0.717) is 10.3 Å². The fraction of sp³-hybridized carbons (Fsp3) is 0.333. The molecule has 1 N–H and O–H groups in total. The van der Waals surface area contributed by atoms with E-state index in [1.807, 2.05) is 42.1 Å². The lowest BCUT2D eigenvalue weighted by molar-refractivity contribution is 0.942. The quantitative estimate of drug-likeness (QED) is 0.924. The van der Waals surface area contributed by atoms with Gasteiger partial charge < -0.3 is 5.32 Å². The Morgan fingerprint density at radius 1 is 1.42 bits per heavy atom. The molecule has 1 aliphatic rings. The number of hydrogen-bond donors (Lipinski definition) is 1. The summed E-state index contributed by atoms with van der Waals surface area (Å²) in [5.41, 5.74) is 1.56. The maximum absolute atomic E-state index is 9.24. The van der Waals surface area contributed by atoms with Crippen molar-refractivity contribution in [1.82, 2.24) is 4.98 Å². The molecule has 1 saturated carbocycles. The van der Waals surface area contributed by atoms with Crippen LogP contribution in [0.25, 0.3) is 10.9 Å². The predicted octanol–water partition coefficient (Wildman–Crippen LogP) is 3.41. The van der Waals surface area contributed by atoms with E-state index in [1.165, 1.54) is 12.8 Å². The van der Waals surface area contributed by atoms with E-state index in [4.69, 9.17) is 0 Å². The lowest BCUT2D eigenvalue weighted by Crippen LogP contribution is -2.18. The van der Waals surface area contributed by atoms with Crippen molar-refractivity contribution in [2.45, 2.75) is 17.6 Å². The molecule has 1 aromatic carbocycles. The Morgan fingerprint density at radius 2 is 2.21 bits per heavy atom. The lowest BCUT2D eigenvalue weighted by atomic mass is 10.1. The molecule has 0 spiro atoms. The number of nitrogens with one attached hydrogen (secondary N) is 1. The van der Waals surface area contributed by atoms with E-state index in [2.05, 4.69) is 22.6 Å². The Balaban J connectivity index is 1.90. The molecule has 0 radical (unpaired) electrons. The maximum Gasteiger partial charge on any atom is 0.128 e. The Morgan fingerprint density at radius 3 is 2.89 bits per heavy atom. The average Bonchev–Trinajstić information content (AvgIpc) is 3.25. The van der Waals surface area contributed by atoms with Crippen molar-refractivity contribution in [3.05, 3.63) is 35.9 Å². The van der Waals surface area contributed by atoms with Crippen LogP contribution >= 0.6 is 11.8 Å². The zero-order chi connectivity index (χ0) is 13.3. The summed E-state index contributed by atoms with van der Waals surface area (Å²) in [6.07, 6.45) is 4.68. The summed E-state index contributed by atoms with van der Waals surface area (Å²) in [7, 11) is 0. The van der Waals surface area contributed by atoms with Crippen LogP contribution in [-0.2, 0) is 0 Å². The van der Waals surface area contributed by atoms with Gasteiger partial charge in [0.25, 0.3) is 0 Å². The molecule has 2 aromatic rings. The SMILES string of the molecule is CSC1(CNc2cc(C#N)c3ccccc3n2)CC1. The number of anilines is 1. The number of para-hydroxylation sites is 1. The molecule has 0 bridgehead atoms. The average molecular weight is 269 g/mol. The van der Waals surface area contributed by atoms with Crippen molar-refractivity contribution in [2.24, 2.45) is 0 Å². The second-order valence-corrected chi connectivity index (χ2v) is 6.20. The van der Waals surface area contributed by atoms with Crippen LogP contribution in [0, 0.1) is 11.3 Å². The van der Waals surface area contributed by atoms with Gasteiger partial charge in [-0.2, -0.15) is 17.0 Å². The molecule has 4 heteroatoms. The lowest BCUT2D eigenvalue weighted by Gasteiger charge is -2.14. The summed E-state index contributed by atoms with van der Waals surface area (Å²) < 4.78 is 0.389. The van der Waals surface area contributed by atoms with E-state index in [1.54, 1.807) is 0 Å². The number of nitriles is 1. The summed E-state index contributed by atoms with van der Waals surface area (Å²) in [5, 5.41) is 13.5. The second kappa shape index (κ2) is 4.75. The van der Waals surface area contributed by atoms with Crippen molar-refractivity contribution in [3.8, 4) is 6.07 Å². The van der Waals surface area contributed by atoms with Gasteiger partial charge in [0.15, 0.2) is 0 Å². The second-order valence-electron chi connectivity index (χ2n) is 4.92. The Labute approximate surface area is 117 Å². The normalized spacial score (nSPS) is 16.0. The van der Waals surface area contributed by atoms with Crippen LogP contribution in [-0.4, -0.2) is 22.5 Å². The number of thioether (sulfide) groups is 1. The number of benzene rings is 1. The smallest absolute Gasteiger partial charge is 0.128 e. The first kappa shape index (κ1) is 12.3. The molecule has 1 aromatic heterocycles. The van der Waals surface area contributed by atoms with Crippen LogP contribution in [0.1, 0.15) is 18.4 Å². The molecule has 1 heterocycles. The first-order valence-corrected chi connectivity index (χ1v) is 7.58. The van der Waals surface area contributed by atoms with Crippen LogP contribution in [0.5, 0.6) is 0 Å². The van der Waals surface area contributed by atoms with Crippen molar-refractivity contribution in [3.63, 3.8) is 0 Å². The summed E-state index contributed by atoms with van der Waals surface area (Å²) in [4.78, 5) is 4.58. The van der Waals surface area contributed by atoms with Crippen molar-refractivity contribution >= 4 is 28.5 Å². The zero-order valence-electron chi connectivity index (χ0n) is 10.8. The molecule has 0 saturated heterocycles. The highest BCUT2D eigenvalue weighted by molar-refractivity contribution is 8.00. The van der Waals surface area contributed by atoms with E-state index in [-0.39, 0.29) is 0 Å². The van der Waals surface area contributed by atoms with E-state index < -0.39 is 0 Å². The number of fused-ring (bicyclic) bond motifs is 1. The van der Waals surface area contributed by atoms with Gasteiger partial charge in [0.1, 0.15) is 5.82 Å². The maximum atomic E-state index is 9.24. The Hall–Kier alpha value is -1.73. The summed E-state index contributed by atoms with van der Waals surface area (Å²) >= 11 is 1.92. The molecule has 19 heavy (non-hydrogen) atoms. The van der Waals surface area contributed by atoms with E-state index >= 15 is 0 Å². The Kier molecular flexibility index (Phi) is 3.08. The van der Waals surface area contributed by atoms with Crippen molar-refractivity contribution in [2.75, 3.05) is 18.1 Å². The van der Waals surface area contributed by atoms with Gasteiger partial charge in [-0.25, -0.2) is 4.98 Å². The van der Waals surface area contributed by atoms with Crippen molar-refractivity contribution in [1.29, 1.82) is 5.26 Å². The number of pyridine rings is 1. The fourth-order valence-corrected chi connectivity index (χ4v) is 2.93. The van der Waals surface area contributed by atoms with Gasteiger partial charge in [-0.1, -0.05) is 18.2 Å². The third kappa shape index (κ3) is 2.39. The van der Waals surface area contributed by atoms with Crippen LogP contribution in [0.15, 0.2) is 30.3 Å². The molecule has 3 rings (SSSR count). The molecule has 3 nitrogen and oxygen atoms in total. The van der Waals surface area contributed by atoms with Gasteiger partial charge in [-0.05, 0) is 31.2 Å². The predicted molar refractivity (Wildman–Crippen MR) is 80.4 cm³/mol. The summed E-state index contributed by atoms with van der Waals surface area (Å²) in [5.74, 6) is 0.801. The van der Waals surface area contributed by atoms with Crippen molar-refractivity contribution < 1.29 is 0 Å². The standard InChI is InChI=1S/C15H15N3S/c1-19-15(6-7-15)10-17-14-8-11(9-16)12-4-2-3-5-13(12)18-14/h2-5,8H,6-7,10H2,1H3,(H,17,18). The minimum absolute atomic E-state index is 0.389. The first-order chi connectivity index (χ1) is 9.26. The molecule has 0 aliphatic heterocycles. The fourth-order valence-electron chi connectivity index (χ4n) is 2.20. The minimum Gasteiger partial charge on any atom is -0.369 e. The molecule has 0 amide bonds. The highest BCUT2D eigenvalue weighted by Crippen LogP contribution is 2.47. The third-order valence-electron chi connectivity index (χ3n) is 3.67. The summed E-state index contributed by atoms with van der Waals surface area (Å²) in [6.45, 7) is 0.921. The third-order valence-corrected chi connectivity index (χ3v) is 5.09. The monoisotopic (exact) mass is 269 g/mol. The highest BCUT2D eigenvalue weighted by atomic mass is 32.2. The van der Waals surface area contributed by atoms with E-state index in [0.717, 1.165) is 23.3 Å². The molecular weight excluding hydrogens is 254 g/mol. The number of rotatable bonds is 4. The van der Waals surface area contributed by atoms with Gasteiger partial charge >= 0.3 is 0 Å². The number of hydrogen-bond acceptors (Lipinski definition) is 4. The summed E-state index contributed by atoms with van der Waals surface area (Å²) in [6, 6.07) is 11.9. The van der Waals surface area contributed by atoms with Crippen LogP contribution in [0.2, 0.25) is 0 Å². The minimum atomic E-state index is 0.389. The van der Waals surface area contributed by atoms with Gasteiger partial charge in [-0.3, -0.25) is 0 Å². The van der Waals surface area contributed by atoms with Gasteiger partial charge in [0, 0.05) is 16.7 Å². The molecule has 1 fully saturated rings. The first-order valence-electron chi connectivity index (χ1n) is 6.35. The van der Waals surface area contributed by atoms with Crippen LogP contribution in [0.3, 0.4) is 0 Å². The topological polar surface area (TPSA) is 48.7 Å². The van der Waals surface area contributed by atoms with E-state index in [9.17, 15) is 5.26 Å². The molecule has 0 unspecified atom stereocenters. The van der Waals surface area contributed by atoms with Crippen LogP contribution in [0.4, 0.5) is 5.82 Å². The zero-order valence-corrected chi connectivity index (χ0v) is 11.6. The molecule has 96 valence electrons. The van der Waals surface area contributed by atoms with Gasteiger partial charge in [-0.15, -0.1) is 0 Å². The number of nitrogens with zero attached hydrogens (tertiary/aromatic N) is 2. The van der Waals surface area contributed by atoms with Gasteiger partial charge in [0.05, 0.1) is 17.1 Å². The highest BCUT2D eigenvalue weighted by Gasteiger charge is 2.41. The molecule has 1 aliphatic carbocycles. The van der Waals surface area contributed by atoms with Crippen LogP contribution < -0.4 is 5.32 Å². The van der Waals surface area contributed by atoms with Gasteiger partial charge in [0.2, 0.25) is 0 Å². The number of aromatic nitrogens is 1. The Bertz CT molecular complexity index is 656.